The average Bonchev–Trinajstić information content (AvgIpc) is 3.21. The maximum atomic E-state index is 13.9. The van der Waals surface area contributed by atoms with Gasteiger partial charge in [-0.15, -0.1) is 23.2 Å². The number of likely N-dealkylation sites (tertiary alicyclic amines) is 1. The second-order valence-corrected chi connectivity index (χ2v) is 13.1. The Labute approximate surface area is 246 Å². The fraction of sp³-hybridized carbons (Fsp3) is 0.333. The van der Waals surface area contributed by atoms with Gasteiger partial charge in [-0.3, -0.25) is 29.0 Å². The van der Waals surface area contributed by atoms with Crippen LogP contribution in [0.3, 0.4) is 0 Å². The molecule has 0 spiro atoms. The van der Waals surface area contributed by atoms with Gasteiger partial charge in [0.25, 0.3) is 11.8 Å². The van der Waals surface area contributed by atoms with Crippen LogP contribution in [-0.4, -0.2) is 50.4 Å². The predicted molar refractivity (Wildman–Crippen MR) is 150 cm³/mol. The predicted octanol–water partition coefficient (Wildman–Crippen LogP) is 4.84. The number of phenols is 1. The fourth-order valence-corrected chi connectivity index (χ4v) is 8.24. The van der Waals surface area contributed by atoms with E-state index in [0.29, 0.717) is 11.3 Å². The smallest absolute Gasteiger partial charge is 0.253 e. The summed E-state index contributed by atoms with van der Waals surface area (Å²) in [6.45, 7) is 0. The van der Waals surface area contributed by atoms with E-state index < -0.39 is 51.1 Å². The number of aromatic hydroxyl groups is 1. The number of imide groups is 2. The van der Waals surface area contributed by atoms with Gasteiger partial charge < -0.3 is 5.11 Å². The van der Waals surface area contributed by atoms with Crippen LogP contribution in [0.2, 0.25) is 5.02 Å². The van der Waals surface area contributed by atoms with Crippen LogP contribution in [0.15, 0.2) is 54.1 Å². The molecule has 2 aromatic carbocycles. The van der Waals surface area contributed by atoms with Gasteiger partial charge in [-0.05, 0) is 83.8 Å². The minimum Gasteiger partial charge on any atom is -0.508 e. The Hall–Kier alpha value is -2.14. The van der Waals surface area contributed by atoms with Crippen LogP contribution in [0.5, 0.6) is 5.75 Å². The Kier molecular flexibility index (Phi) is 5.96. The lowest BCUT2D eigenvalue weighted by Crippen LogP contribution is -2.60. The van der Waals surface area contributed by atoms with E-state index in [-0.39, 0.29) is 35.1 Å². The molecule has 1 N–H and O–H groups in total. The fourth-order valence-electron chi connectivity index (χ4n) is 6.69. The second-order valence-electron chi connectivity index (χ2n) is 10.2. The molecular formula is C27H20Cl3IN2O5. The Morgan fingerprint density at radius 1 is 0.974 bits per heavy atom. The number of hydrogen-bond donors (Lipinski definition) is 1. The van der Waals surface area contributed by atoms with Crippen LogP contribution in [-0.2, 0) is 19.2 Å². The molecule has 196 valence electrons. The Bertz CT molecular complexity index is 1480. The number of fused-ring (bicyclic) bond motifs is 4. The van der Waals surface area contributed by atoms with Gasteiger partial charge >= 0.3 is 0 Å². The van der Waals surface area contributed by atoms with E-state index in [1.54, 1.807) is 12.1 Å². The average molecular weight is 686 g/mol. The lowest BCUT2D eigenvalue weighted by atomic mass is 9.56. The number of hydrogen-bond acceptors (Lipinski definition) is 5. The van der Waals surface area contributed by atoms with Crippen molar-refractivity contribution in [2.24, 2.45) is 17.8 Å². The molecule has 0 unspecified atom stereocenters. The first-order valence-corrected chi connectivity index (χ1v) is 14.1. The topological polar surface area (TPSA) is 95.0 Å². The number of nitrogens with zero attached hydrogens (tertiary/aromatic N) is 2. The first-order chi connectivity index (χ1) is 17.9. The van der Waals surface area contributed by atoms with E-state index in [2.05, 4.69) is 22.6 Å². The summed E-state index contributed by atoms with van der Waals surface area (Å²) < 4.78 is 0.958. The molecule has 7 nitrogen and oxygen atoms in total. The maximum Gasteiger partial charge on any atom is 0.253 e. The van der Waals surface area contributed by atoms with Crippen LogP contribution < -0.4 is 4.90 Å². The summed E-state index contributed by atoms with van der Waals surface area (Å²) in [4.78, 5) is 52.7. The first-order valence-electron chi connectivity index (χ1n) is 11.9. The van der Waals surface area contributed by atoms with Crippen molar-refractivity contribution in [3.8, 4) is 5.75 Å². The van der Waals surface area contributed by atoms with Crippen molar-refractivity contribution in [3.05, 3.63) is 68.3 Å². The molecule has 0 radical (unpaired) electrons. The van der Waals surface area contributed by atoms with Gasteiger partial charge in [-0.25, -0.2) is 0 Å². The largest absolute Gasteiger partial charge is 0.508 e. The van der Waals surface area contributed by atoms with Crippen LogP contribution in [0, 0.1) is 21.3 Å². The van der Waals surface area contributed by atoms with Crippen molar-refractivity contribution in [3.63, 3.8) is 0 Å². The van der Waals surface area contributed by atoms with Crippen LogP contribution in [0.1, 0.15) is 24.3 Å². The highest BCUT2D eigenvalue weighted by atomic mass is 127. The van der Waals surface area contributed by atoms with E-state index >= 15 is 0 Å². The molecule has 4 amide bonds. The highest BCUT2D eigenvalue weighted by Gasteiger charge is 2.76. The first kappa shape index (κ1) is 26.1. The van der Waals surface area contributed by atoms with Crippen molar-refractivity contribution >= 4 is 86.7 Å². The number of rotatable bonds is 2. The Morgan fingerprint density at radius 3 is 2.34 bits per heavy atom. The van der Waals surface area contributed by atoms with Crippen molar-refractivity contribution < 1.29 is 24.3 Å². The van der Waals surface area contributed by atoms with Gasteiger partial charge in [-0.1, -0.05) is 23.3 Å². The van der Waals surface area contributed by atoms with E-state index in [1.165, 1.54) is 30.1 Å². The van der Waals surface area contributed by atoms with Gasteiger partial charge in [0.1, 0.15) is 5.75 Å². The van der Waals surface area contributed by atoms with E-state index in [4.69, 9.17) is 34.8 Å². The minimum atomic E-state index is -1.97. The summed E-state index contributed by atoms with van der Waals surface area (Å²) in [7, 11) is 1.32. The number of alkyl halides is 2. The zero-order valence-electron chi connectivity index (χ0n) is 19.8. The lowest BCUT2D eigenvalue weighted by molar-refractivity contribution is -0.138. The van der Waals surface area contributed by atoms with Crippen molar-refractivity contribution in [1.29, 1.82) is 0 Å². The number of carbonyl (C=O) groups excluding carboxylic acids is 4. The van der Waals surface area contributed by atoms with Gasteiger partial charge in [0.15, 0.2) is 9.75 Å². The highest BCUT2D eigenvalue weighted by molar-refractivity contribution is 14.1. The summed E-state index contributed by atoms with van der Waals surface area (Å²) in [5.41, 5.74) is 1.29. The van der Waals surface area contributed by atoms with Gasteiger partial charge in [-0.2, -0.15) is 0 Å². The van der Waals surface area contributed by atoms with Gasteiger partial charge in [0, 0.05) is 27.1 Å². The Balaban J connectivity index is 1.53. The molecule has 4 aliphatic rings. The molecule has 0 bridgehead atoms. The third kappa shape index (κ3) is 3.26. The molecule has 1 saturated carbocycles. The van der Waals surface area contributed by atoms with Crippen LogP contribution in [0.25, 0.3) is 0 Å². The summed E-state index contributed by atoms with van der Waals surface area (Å²) >= 11 is 22.6. The summed E-state index contributed by atoms with van der Waals surface area (Å²) in [5.74, 6) is -5.46. The highest BCUT2D eigenvalue weighted by Crippen LogP contribution is 2.66. The number of carbonyl (C=O) groups is 4. The third-order valence-electron chi connectivity index (χ3n) is 8.40. The van der Waals surface area contributed by atoms with E-state index in [9.17, 15) is 24.3 Å². The van der Waals surface area contributed by atoms with Crippen molar-refractivity contribution in [2.75, 3.05) is 11.9 Å². The summed E-state index contributed by atoms with van der Waals surface area (Å²) in [5, 5.41) is 11.2. The quantitative estimate of drug-likeness (QED) is 0.211. The minimum absolute atomic E-state index is 0.114. The Morgan fingerprint density at radius 2 is 1.66 bits per heavy atom. The molecule has 2 aromatic rings. The number of anilines is 1. The van der Waals surface area contributed by atoms with E-state index in [1.807, 2.05) is 18.2 Å². The molecule has 6 atom stereocenters. The van der Waals surface area contributed by atoms with E-state index in [0.717, 1.165) is 8.47 Å². The third-order valence-corrected chi connectivity index (χ3v) is 10.8. The molecule has 2 heterocycles. The molecular weight excluding hydrogens is 666 g/mol. The normalized spacial score (nSPS) is 34.3. The maximum absolute atomic E-state index is 13.9. The van der Waals surface area contributed by atoms with Crippen molar-refractivity contribution in [2.45, 2.75) is 28.5 Å². The monoisotopic (exact) mass is 684 g/mol. The number of amides is 4. The number of phenolic OH excluding ortho intramolecular Hbond substituents is 1. The standard InChI is InChI=1S/C27H20Cl3IN2O5/c1-32-24(37)26(29)11-18-15(21(27(26,30)25(32)38)17-10-12(28)2-9-19(17)34)7-8-16-20(18)23(36)33(22(16)35)14-5-3-13(31)4-6-14/h2-7,9-10,16,18,20-21,34H,8,11H2,1H3/t16-,18+,20-,21+,26+,27-/m0/s1. The summed E-state index contributed by atoms with van der Waals surface area (Å²) in [6, 6.07) is 11.4. The zero-order chi connectivity index (χ0) is 27.3. The second kappa shape index (κ2) is 8.68. The molecule has 3 fully saturated rings. The number of allylic oxidation sites excluding steroid dienone is 2. The molecule has 11 heteroatoms. The molecule has 0 aromatic heterocycles. The number of benzene rings is 2. The molecule has 2 saturated heterocycles. The molecule has 6 rings (SSSR count). The zero-order valence-corrected chi connectivity index (χ0v) is 24.3. The molecule has 38 heavy (non-hydrogen) atoms. The van der Waals surface area contributed by atoms with Gasteiger partial charge in [0.05, 0.1) is 17.5 Å². The molecule has 2 aliphatic heterocycles. The van der Waals surface area contributed by atoms with Crippen molar-refractivity contribution in [1.82, 2.24) is 4.90 Å². The van der Waals surface area contributed by atoms with Gasteiger partial charge in [0.2, 0.25) is 11.8 Å². The SMILES string of the molecule is CN1C(=O)[C@]2(Cl)C[C@@H]3C(=CC[C@@H]4C(=O)N(c5ccc(I)cc5)C(=O)[C@@H]43)[C@H](c3cc(Cl)ccc3O)[C@]2(Cl)C1=O. The lowest BCUT2D eigenvalue weighted by Gasteiger charge is -2.50. The molecule has 2 aliphatic carbocycles. The van der Waals surface area contributed by atoms with Crippen LogP contribution in [0.4, 0.5) is 5.69 Å². The number of halogens is 4. The van der Waals surface area contributed by atoms with Crippen LogP contribution >= 0.6 is 57.4 Å². The summed E-state index contributed by atoms with van der Waals surface area (Å²) in [6.07, 6.45) is 1.94.